The van der Waals surface area contributed by atoms with Crippen molar-refractivity contribution in [3.05, 3.63) is 76.5 Å². The van der Waals surface area contributed by atoms with Crippen LogP contribution in [0, 0.1) is 0 Å². The Labute approximate surface area is 168 Å². The van der Waals surface area contributed by atoms with Crippen molar-refractivity contribution in [1.29, 1.82) is 0 Å². The number of carbonyl (C=O) groups is 1. The largest absolute Gasteiger partial charge is 0.467 e. The van der Waals surface area contributed by atoms with Gasteiger partial charge in [-0.1, -0.05) is 44.2 Å². The van der Waals surface area contributed by atoms with Crippen LogP contribution in [0.1, 0.15) is 37.2 Å². The van der Waals surface area contributed by atoms with Crippen LogP contribution in [0.25, 0.3) is 21.8 Å². The molecule has 0 saturated carbocycles. The molecule has 148 valence electrons. The third-order valence-electron chi connectivity index (χ3n) is 5.22. The molecule has 0 unspecified atom stereocenters. The first-order chi connectivity index (χ1) is 14.0. The molecule has 2 aromatic heterocycles. The van der Waals surface area contributed by atoms with Crippen molar-refractivity contribution in [2.75, 3.05) is 7.11 Å². The molecule has 4 rings (SSSR count). The van der Waals surface area contributed by atoms with E-state index in [-0.39, 0.29) is 11.5 Å². The van der Waals surface area contributed by atoms with Crippen molar-refractivity contribution in [2.45, 2.75) is 32.2 Å². The van der Waals surface area contributed by atoms with Crippen molar-refractivity contribution in [2.24, 2.45) is 0 Å². The normalized spacial score (nSPS) is 12.6. The number of esters is 1. The predicted octanol–water partition coefficient (Wildman–Crippen LogP) is 3.96. The SMILES string of the molecule is COC(=O)[C@H](Cc1c[nH]c2ccccc12)n1c(C(C)C)nc2ccccc2c1=O. The fourth-order valence-electron chi connectivity index (χ4n) is 3.80. The number of hydrogen-bond acceptors (Lipinski definition) is 4. The molecular formula is C23H23N3O3. The van der Waals surface area contributed by atoms with Crippen LogP contribution in [0.2, 0.25) is 0 Å². The molecule has 0 radical (unpaired) electrons. The lowest BCUT2D eigenvalue weighted by Gasteiger charge is -2.23. The van der Waals surface area contributed by atoms with Gasteiger partial charge in [-0.25, -0.2) is 9.78 Å². The number of methoxy groups -OCH3 is 1. The Morgan fingerprint density at radius 3 is 2.52 bits per heavy atom. The van der Waals surface area contributed by atoms with Crippen LogP contribution in [-0.4, -0.2) is 27.6 Å². The highest BCUT2D eigenvalue weighted by atomic mass is 16.5. The van der Waals surface area contributed by atoms with E-state index in [1.807, 2.05) is 56.4 Å². The molecule has 2 heterocycles. The van der Waals surface area contributed by atoms with Gasteiger partial charge in [0.1, 0.15) is 11.9 Å². The zero-order chi connectivity index (χ0) is 20.5. The molecule has 6 nitrogen and oxygen atoms in total. The third-order valence-corrected chi connectivity index (χ3v) is 5.22. The zero-order valence-electron chi connectivity index (χ0n) is 16.7. The van der Waals surface area contributed by atoms with Crippen LogP contribution >= 0.6 is 0 Å². The average Bonchev–Trinajstić information content (AvgIpc) is 3.14. The first-order valence-electron chi connectivity index (χ1n) is 9.65. The maximum Gasteiger partial charge on any atom is 0.329 e. The monoisotopic (exact) mass is 389 g/mol. The Morgan fingerprint density at radius 1 is 1.10 bits per heavy atom. The summed E-state index contributed by atoms with van der Waals surface area (Å²) in [7, 11) is 1.35. The standard InChI is InChI=1S/C23H23N3O3/c1-14(2)21-25-19-11-7-5-9-17(19)22(27)26(21)20(23(28)29-3)12-15-13-24-18-10-6-4-8-16(15)18/h4-11,13-14,20,24H,12H2,1-3H3/t20-/m0/s1. The summed E-state index contributed by atoms with van der Waals surface area (Å²) in [5.41, 5.74) is 2.34. The van der Waals surface area contributed by atoms with E-state index in [1.54, 1.807) is 12.1 Å². The summed E-state index contributed by atoms with van der Waals surface area (Å²) in [4.78, 5) is 34.2. The van der Waals surface area contributed by atoms with Crippen LogP contribution in [0.4, 0.5) is 0 Å². The highest BCUT2D eigenvalue weighted by Gasteiger charge is 2.28. The third kappa shape index (κ3) is 3.31. The fraction of sp³-hybridized carbons (Fsp3) is 0.261. The quantitative estimate of drug-likeness (QED) is 0.524. The van der Waals surface area contributed by atoms with E-state index < -0.39 is 12.0 Å². The van der Waals surface area contributed by atoms with Crippen molar-refractivity contribution < 1.29 is 9.53 Å². The van der Waals surface area contributed by atoms with Crippen LogP contribution < -0.4 is 5.56 Å². The number of para-hydroxylation sites is 2. The van der Waals surface area contributed by atoms with Crippen LogP contribution in [0.15, 0.2) is 59.5 Å². The molecule has 1 atom stereocenters. The lowest BCUT2D eigenvalue weighted by atomic mass is 10.0. The molecule has 0 aliphatic rings. The van der Waals surface area contributed by atoms with Gasteiger partial charge in [0.25, 0.3) is 5.56 Å². The first kappa shape index (κ1) is 18.9. The number of aromatic amines is 1. The summed E-state index contributed by atoms with van der Waals surface area (Å²) >= 11 is 0. The summed E-state index contributed by atoms with van der Waals surface area (Å²) in [5, 5.41) is 1.51. The van der Waals surface area contributed by atoms with Gasteiger partial charge in [-0.2, -0.15) is 0 Å². The van der Waals surface area contributed by atoms with E-state index >= 15 is 0 Å². The van der Waals surface area contributed by atoms with Gasteiger partial charge in [-0.05, 0) is 23.8 Å². The molecule has 6 heteroatoms. The van der Waals surface area contributed by atoms with E-state index in [0.29, 0.717) is 23.1 Å². The molecule has 0 aliphatic carbocycles. The van der Waals surface area contributed by atoms with Gasteiger partial charge in [-0.3, -0.25) is 9.36 Å². The lowest BCUT2D eigenvalue weighted by Crippen LogP contribution is -2.35. The van der Waals surface area contributed by atoms with E-state index in [9.17, 15) is 9.59 Å². The van der Waals surface area contributed by atoms with Gasteiger partial charge >= 0.3 is 5.97 Å². The highest BCUT2D eigenvalue weighted by Crippen LogP contribution is 2.26. The molecule has 0 fully saturated rings. The van der Waals surface area contributed by atoms with Crippen LogP contribution in [0.5, 0.6) is 0 Å². The number of carbonyl (C=O) groups excluding carboxylic acids is 1. The van der Waals surface area contributed by atoms with E-state index in [4.69, 9.17) is 9.72 Å². The van der Waals surface area contributed by atoms with Crippen molar-refractivity contribution in [3.8, 4) is 0 Å². The number of aromatic nitrogens is 3. The second kappa shape index (κ2) is 7.54. The number of fused-ring (bicyclic) bond motifs is 2. The number of nitrogens with one attached hydrogen (secondary N) is 1. The topological polar surface area (TPSA) is 77.0 Å². The van der Waals surface area contributed by atoms with Gasteiger partial charge in [-0.15, -0.1) is 0 Å². The Bertz CT molecular complexity index is 1250. The first-order valence-corrected chi connectivity index (χ1v) is 9.65. The lowest BCUT2D eigenvalue weighted by molar-refractivity contribution is -0.144. The Morgan fingerprint density at radius 2 is 1.79 bits per heavy atom. The van der Waals surface area contributed by atoms with E-state index in [0.717, 1.165) is 16.5 Å². The molecule has 1 N–H and O–H groups in total. The van der Waals surface area contributed by atoms with Gasteiger partial charge in [0, 0.05) is 29.4 Å². The molecule has 29 heavy (non-hydrogen) atoms. The minimum atomic E-state index is -0.804. The minimum Gasteiger partial charge on any atom is -0.467 e. The average molecular weight is 389 g/mol. The Kier molecular flexibility index (Phi) is 4.92. The van der Waals surface area contributed by atoms with Gasteiger partial charge in [0.05, 0.1) is 18.0 Å². The van der Waals surface area contributed by atoms with Crippen molar-refractivity contribution in [1.82, 2.24) is 14.5 Å². The Balaban J connectivity index is 1.93. The molecule has 0 aliphatic heterocycles. The molecule has 0 saturated heterocycles. The molecular weight excluding hydrogens is 366 g/mol. The maximum atomic E-state index is 13.4. The summed E-state index contributed by atoms with van der Waals surface area (Å²) in [6.07, 6.45) is 2.21. The van der Waals surface area contributed by atoms with Crippen molar-refractivity contribution in [3.63, 3.8) is 0 Å². The zero-order valence-corrected chi connectivity index (χ0v) is 16.7. The van der Waals surface area contributed by atoms with E-state index in [1.165, 1.54) is 11.7 Å². The number of rotatable bonds is 5. The van der Waals surface area contributed by atoms with Crippen molar-refractivity contribution >= 4 is 27.8 Å². The molecule has 0 amide bonds. The smallest absolute Gasteiger partial charge is 0.329 e. The summed E-state index contributed by atoms with van der Waals surface area (Å²) in [5.74, 6) is 0.0720. The Hall–Kier alpha value is -3.41. The number of nitrogens with zero attached hydrogens (tertiary/aromatic N) is 2. The minimum absolute atomic E-state index is 0.0394. The van der Waals surface area contributed by atoms with Crippen LogP contribution in [0.3, 0.4) is 0 Å². The number of benzene rings is 2. The molecule has 2 aromatic carbocycles. The highest BCUT2D eigenvalue weighted by molar-refractivity contribution is 5.84. The summed E-state index contributed by atoms with van der Waals surface area (Å²) in [6.45, 7) is 3.93. The summed E-state index contributed by atoms with van der Waals surface area (Å²) < 4.78 is 6.61. The van der Waals surface area contributed by atoms with Gasteiger partial charge in [0.15, 0.2) is 0 Å². The van der Waals surface area contributed by atoms with Gasteiger partial charge < -0.3 is 9.72 Å². The number of H-pyrrole nitrogens is 1. The van der Waals surface area contributed by atoms with Crippen LogP contribution in [-0.2, 0) is 16.0 Å². The number of hydrogen-bond donors (Lipinski definition) is 1. The predicted molar refractivity (Wildman–Crippen MR) is 113 cm³/mol. The molecule has 0 spiro atoms. The number of ether oxygens (including phenoxy) is 1. The summed E-state index contributed by atoms with van der Waals surface area (Å²) in [6, 6.07) is 14.3. The fourth-order valence-corrected chi connectivity index (χ4v) is 3.80. The maximum absolute atomic E-state index is 13.4. The second-order valence-corrected chi connectivity index (χ2v) is 7.42. The van der Waals surface area contributed by atoms with E-state index in [2.05, 4.69) is 4.98 Å². The molecule has 4 aromatic rings. The molecule has 0 bridgehead atoms. The van der Waals surface area contributed by atoms with Gasteiger partial charge in [0.2, 0.25) is 0 Å². The second-order valence-electron chi connectivity index (χ2n) is 7.42.